The van der Waals surface area contributed by atoms with Gasteiger partial charge in [-0.25, -0.2) is 0 Å². The summed E-state index contributed by atoms with van der Waals surface area (Å²) in [5, 5.41) is 20.4. The van der Waals surface area contributed by atoms with Crippen molar-refractivity contribution in [3.05, 3.63) is 12.2 Å². The molecular formula is C19H35NO4. The van der Waals surface area contributed by atoms with E-state index >= 15 is 0 Å². The second-order valence-corrected chi connectivity index (χ2v) is 6.27. The summed E-state index contributed by atoms with van der Waals surface area (Å²) in [4.78, 5) is 22.8. The van der Waals surface area contributed by atoms with E-state index in [1.807, 2.05) is 6.08 Å². The molecular weight excluding hydrogens is 306 g/mol. The number of carboxylic acids is 1. The van der Waals surface area contributed by atoms with Crippen LogP contribution in [0.25, 0.3) is 0 Å². The number of hydrogen-bond donors (Lipinski definition) is 3. The van der Waals surface area contributed by atoms with Gasteiger partial charge in [-0.1, -0.05) is 64.0 Å². The number of hydrogen-bond acceptors (Lipinski definition) is 3. The van der Waals surface area contributed by atoms with Gasteiger partial charge >= 0.3 is 5.97 Å². The highest BCUT2D eigenvalue weighted by Gasteiger charge is 2.17. The standard InChI is InChI=1S/C19H35NO4/c1-2-3-4-5-6-7-8-9-10-11-13-17(19(23)24)16-18(22)20-14-12-15-21/h11,13,17,21H,2-10,12,14-16H2,1H3,(H,20,22)(H,23,24). The maximum Gasteiger partial charge on any atom is 0.310 e. The lowest BCUT2D eigenvalue weighted by molar-refractivity contribution is -0.142. The minimum Gasteiger partial charge on any atom is -0.481 e. The summed E-state index contributed by atoms with van der Waals surface area (Å²) in [6.07, 6.45) is 14.8. The molecule has 0 aliphatic rings. The predicted octanol–water partition coefficient (Wildman–Crippen LogP) is 3.66. The van der Waals surface area contributed by atoms with Gasteiger partial charge < -0.3 is 15.5 Å². The molecule has 0 fully saturated rings. The zero-order valence-electron chi connectivity index (χ0n) is 15.1. The first-order valence-electron chi connectivity index (χ1n) is 9.38. The Hall–Kier alpha value is -1.36. The van der Waals surface area contributed by atoms with Crippen LogP contribution in [0.3, 0.4) is 0 Å². The van der Waals surface area contributed by atoms with Crippen LogP contribution >= 0.6 is 0 Å². The molecule has 1 atom stereocenters. The molecule has 140 valence electrons. The van der Waals surface area contributed by atoms with Gasteiger partial charge in [-0.3, -0.25) is 9.59 Å². The molecule has 0 aliphatic heterocycles. The van der Waals surface area contributed by atoms with Crippen molar-refractivity contribution >= 4 is 11.9 Å². The zero-order chi connectivity index (χ0) is 18.0. The van der Waals surface area contributed by atoms with Crippen LogP contribution in [0.2, 0.25) is 0 Å². The number of carbonyl (C=O) groups is 2. The molecule has 24 heavy (non-hydrogen) atoms. The fourth-order valence-corrected chi connectivity index (χ4v) is 2.47. The lowest BCUT2D eigenvalue weighted by Gasteiger charge is -2.08. The van der Waals surface area contributed by atoms with Crippen LogP contribution < -0.4 is 5.32 Å². The molecule has 0 bridgehead atoms. The van der Waals surface area contributed by atoms with Crippen molar-refractivity contribution in [1.82, 2.24) is 5.32 Å². The van der Waals surface area contributed by atoms with Crippen LogP contribution in [0.15, 0.2) is 12.2 Å². The Bertz CT molecular complexity index is 355. The molecule has 5 heteroatoms. The van der Waals surface area contributed by atoms with Crippen LogP contribution in [0.5, 0.6) is 0 Å². The Labute approximate surface area is 146 Å². The van der Waals surface area contributed by atoms with E-state index < -0.39 is 11.9 Å². The molecule has 1 amide bonds. The minimum atomic E-state index is -0.973. The Kier molecular flexibility index (Phi) is 15.6. The third kappa shape index (κ3) is 14.2. The molecule has 0 aromatic carbocycles. The maximum atomic E-state index is 11.6. The van der Waals surface area contributed by atoms with E-state index in [1.165, 1.54) is 44.9 Å². The number of rotatable bonds is 16. The fraction of sp³-hybridized carbons (Fsp3) is 0.789. The summed E-state index contributed by atoms with van der Waals surface area (Å²) in [5.41, 5.74) is 0. The topological polar surface area (TPSA) is 86.6 Å². The largest absolute Gasteiger partial charge is 0.481 e. The molecule has 5 nitrogen and oxygen atoms in total. The van der Waals surface area contributed by atoms with Crippen molar-refractivity contribution in [2.75, 3.05) is 13.2 Å². The first-order valence-corrected chi connectivity index (χ1v) is 9.38. The maximum absolute atomic E-state index is 11.6. The Balaban J connectivity index is 3.80. The quantitative estimate of drug-likeness (QED) is 0.295. The van der Waals surface area contributed by atoms with E-state index in [2.05, 4.69) is 12.2 Å². The van der Waals surface area contributed by atoms with Crippen molar-refractivity contribution in [3.63, 3.8) is 0 Å². The van der Waals surface area contributed by atoms with Gasteiger partial charge in [0.2, 0.25) is 5.91 Å². The van der Waals surface area contributed by atoms with Gasteiger partial charge in [0, 0.05) is 19.6 Å². The molecule has 0 aromatic heterocycles. The van der Waals surface area contributed by atoms with Crippen molar-refractivity contribution in [2.24, 2.45) is 5.92 Å². The Morgan fingerprint density at radius 1 is 1.00 bits per heavy atom. The molecule has 1 unspecified atom stereocenters. The van der Waals surface area contributed by atoms with Crippen LogP contribution in [-0.2, 0) is 9.59 Å². The molecule has 0 heterocycles. The average Bonchev–Trinajstić information content (AvgIpc) is 2.55. The third-order valence-electron chi connectivity index (χ3n) is 3.97. The lowest BCUT2D eigenvalue weighted by atomic mass is 10.0. The molecule has 0 radical (unpaired) electrons. The van der Waals surface area contributed by atoms with E-state index in [0.717, 1.165) is 12.8 Å². The molecule has 0 rings (SSSR count). The number of aliphatic hydroxyl groups is 1. The Morgan fingerprint density at radius 3 is 2.21 bits per heavy atom. The first kappa shape index (κ1) is 22.6. The number of nitrogens with one attached hydrogen (secondary N) is 1. The molecule has 3 N–H and O–H groups in total. The van der Waals surface area contributed by atoms with Crippen molar-refractivity contribution in [3.8, 4) is 0 Å². The summed E-state index contributed by atoms with van der Waals surface area (Å²) in [7, 11) is 0. The molecule has 0 spiro atoms. The van der Waals surface area contributed by atoms with Crippen LogP contribution in [-0.4, -0.2) is 35.2 Å². The van der Waals surface area contributed by atoms with E-state index in [1.54, 1.807) is 6.08 Å². The monoisotopic (exact) mass is 341 g/mol. The van der Waals surface area contributed by atoms with Crippen LogP contribution in [0.1, 0.15) is 77.6 Å². The number of allylic oxidation sites excluding steroid dienone is 1. The number of amides is 1. The summed E-state index contributed by atoms with van der Waals surface area (Å²) in [6.45, 7) is 2.61. The second-order valence-electron chi connectivity index (χ2n) is 6.27. The Morgan fingerprint density at radius 2 is 1.62 bits per heavy atom. The van der Waals surface area contributed by atoms with Crippen molar-refractivity contribution in [2.45, 2.75) is 77.6 Å². The summed E-state index contributed by atoms with van der Waals surface area (Å²) in [6, 6.07) is 0. The van der Waals surface area contributed by atoms with Crippen LogP contribution in [0, 0.1) is 5.92 Å². The normalized spacial score (nSPS) is 12.4. The minimum absolute atomic E-state index is 0.0150. The van der Waals surface area contributed by atoms with Gasteiger partial charge in [0.05, 0.1) is 5.92 Å². The highest BCUT2D eigenvalue weighted by Crippen LogP contribution is 2.11. The van der Waals surface area contributed by atoms with Gasteiger partial charge in [0.15, 0.2) is 0 Å². The molecule has 0 saturated carbocycles. The molecule has 0 aromatic rings. The number of aliphatic carboxylic acids is 1. The van der Waals surface area contributed by atoms with Gasteiger partial charge in [-0.2, -0.15) is 0 Å². The van der Waals surface area contributed by atoms with Crippen molar-refractivity contribution < 1.29 is 19.8 Å². The number of unbranched alkanes of at least 4 members (excludes halogenated alkanes) is 8. The predicted molar refractivity (Wildman–Crippen MR) is 96.8 cm³/mol. The van der Waals surface area contributed by atoms with E-state index in [9.17, 15) is 9.59 Å². The summed E-state index contributed by atoms with van der Waals surface area (Å²) in [5.74, 6) is -2.03. The average molecular weight is 341 g/mol. The van der Waals surface area contributed by atoms with Gasteiger partial charge in [-0.15, -0.1) is 0 Å². The second kappa shape index (κ2) is 16.5. The van der Waals surface area contributed by atoms with Gasteiger partial charge in [0.1, 0.15) is 0 Å². The number of aliphatic hydroxyl groups excluding tert-OH is 1. The van der Waals surface area contributed by atoms with Gasteiger partial charge in [-0.05, 0) is 19.3 Å². The van der Waals surface area contributed by atoms with Gasteiger partial charge in [0.25, 0.3) is 0 Å². The van der Waals surface area contributed by atoms with E-state index in [0.29, 0.717) is 13.0 Å². The highest BCUT2D eigenvalue weighted by atomic mass is 16.4. The third-order valence-corrected chi connectivity index (χ3v) is 3.97. The fourth-order valence-electron chi connectivity index (χ4n) is 2.47. The number of carboxylic acid groups (broad SMARTS) is 1. The summed E-state index contributed by atoms with van der Waals surface area (Å²) < 4.78 is 0. The SMILES string of the molecule is CCCCCCCCCCC=CC(CC(=O)NCCCO)C(=O)O. The summed E-state index contributed by atoms with van der Waals surface area (Å²) >= 11 is 0. The smallest absolute Gasteiger partial charge is 0.310 e. The molecule has 0 aliphatic carbocycles. The van der Waals surface area contributed by atoms with E-state index in [-0.39, 0.29) is 18.9 Å². The van der Waals surface area contributed by atoms with Crippen LogP contribution in [0.4, 0.5) is 0 Å². The highest BCUT2D eigenvalue weighted by molar-refractivity contribution is 5.83. The molecule has 0 saturated heterocycles. The first-order chi connectivity index (χ1) is 11.6. The van der Waals surface area contributed by atoms with Crippen molar-refractivity contribution in [1.29, 1.82) is 0 Å². The lowest BCUT2D eigenvalue weighted by Crippen LogP contribution is -2.28. The van der Waals surface area contributed by atoms with E-state index in [4.69, 9.17) is 10.2 Å². The zero-order valence-corrected chi connectivity index (χ0v) is 15.1. The number of carbonyl (C=O) groups excluding carboxylic acids is 1.